The van der Waals surface area contributed by atoms with Gasteiger partial charge in [-0.3, -0.25) is 10.1 Å². The lowest BCUT2D eigenvalue weighted by Crippen LogP contribution is -2.11. The van der Waals surface area contributed by atoms with Gasteiger partial charge in [0.25, 0.3) is 5.91 Å². The second-order valence-corrected chi connectivity index (χ2v) is 7.56. The Kier molecular flexibility index (Phi) is 3.52. The quantitative estimate of drug-likeness (QED) is 0.540. The van der Waals surface area contributed by atoms with Crippen LogP contribution in [0.1, 0.15) is 15.4 Å². The highest BCUT2D eigenvalue weighted by Crippen LogP contribution is 2.36. The molecule has 0 saturated carbocycles. The summed E-state index contributed by atoms with van der Waals surface area (Å²) in [6, 6.07) is 10.8. The Morgan fingerprint density at radius 3 is 2.52 bits per heavy atom. The predicted molar refractivity (Wildman–Crippen MR) is 96.9 cm³/mol. The van der Waals surface area contributed by atoms with Gasteiger partial charge in [-0.25, -0.2) is 9.97 Å². The number of aromatic nitrogens is 2. The molecule has 0 radical (unpaired) electrons. The van der Waals surface area contributed by atoms with Crippen LogP contribution in [-0.2, 0) is 0 Å². The molecule has 0 aliphatic carbocycles. The van der Waals surface area contributed by atoms with Gasteiger partial charge in [-0.2, -0.15) is 0 Å². The topological polar surface area (TPSA) is 54.9 Å². The molecule has 1 amide bonds. The van der Waals surface area contributed by atoms with Crippen molar-refractivity contribution >= 4 is 65.7 Å². The van der Waals surface area contributed by atoms with E-state index in [-0.39, 0.29) is 5.91 Å². The number of nitrogens with zero attached hydrogens (tertiary/aromatic N) is 2. The second kappa shape index (κ2) is 5.56. The molecular weight excluding hydrogens is 350 g/mol. The molecule has 2 aromatic heterocycles. The number of halogens is 1. The maximum Gasteiger partial charge on any atom is 0.258 e. The minimum Gasteiger partial charge on any atom is -0.298 e. The van der Waals surface area contributed by atoms with Gasteiger partial charge in [-0.15, -0.1) is 11.3 Å². The molecule has 0 spiro atoms. The Bertz CT molecular complexity index is 1050. The summed E-state index contributed by atoms with van der Waals surface area (Å²) in [5, 5.41) is 4.83. The fraction of sp³-hybridized carbons (Fsp3) is 0.0625. The van der Waals surface area contributed by atoms with Gasteiger partial charge in [0.05, 0.1) is 36.0 Å². The lowest BCUT2D eigenvalue weighted by Gasteiger charge is -2.02. The number of anilines is 1. The van der Waals surface area contributed by atoms with Gasteiger partial charge in [0.2, 0.25) is 0 Å². The summed E-state index contributed by atoms with van der Waals surface area (Å²) in [5.74, 6) is -0.258. The molecule has 0 saturated heterocycles. The molecule has 4 nitrogen and oxygen atoms in total. The van der Waals surface area contributed by atoms with E-state index < -0.39 is 0 Å². The number of fused-ring (bicyclic) bond motifs is 3. The van der Waals surface area contributed by atoms with Crippen LogP contribution in [0.5, 0.6) is 0 Å². The number of carbonyl (C=O) groups excluding carboxylic acids is 1. The van der Waals surface area contributed by atoms with Crippen LogP contribution in [0.25, 0.3) is 20.4 Å². The van der Waals surface area contributed by atoms with Gasteiger partial charge in [0.1, 0.15) is 0 Å². The number of aryl methyl sites for hydroxylation is 1. The zero-order valence-corrected chi connectivity index (χ0v) is 14.4. The molecule has 0 aliphatic heterocycles. The molecule has 0 fully saturated rings. The van der Waals surface area contributed by atoms with Crippen LogP contribution in [0, 0.1) is 6.92 Å². The monoisotopic (exact) mass is 359 g/mol. The van der Waals surface area contributed by atoms with E-state index in [2.05, 4.69) is 15.3 Å². The smallest absolute Gasteiger partial charge is 0.258 e. The summed E-state index contributed by atoms with van der Waals surface area (Å²) >= 11 is 9.15. The number of thiazole rings is 2. The van der Waals surface area contributed by atoms with Gasteiger partial charge < -0.3 is 0 Å². The van der Waals surface area contributed by atoms with Gasteiger partial charge >= 0.3 is 0 Å². The Hall–Kier alpha value is -2.02. The molecule has 0 bridgehead atoms. The average Bonchev–Trinajstić information content (AvgIpc) is 3.09. The lowest BCUT2D eigenvalue weighted by molar-refractivity contribution is 0.102. The molecule has 2 heterocycles. The summed E-state index contributed by atoms with van der Waals surface area (Å²) in [6.45, 7) is 1.98. The Balaban J connectivity index is 1.73. The summed E-state index contributed by atoms with van der Waals surface area (Å²) in [7, 11) is 0. The Morgan fingerprint density at radius 1 is 1.04 bits per heavy atom. The van der Waals surface area contributed by atoms with E-state index in [0.29, 0.717) is 15.7 Å². The third-order valence-corrected chi connectivity index (χ3v) is 5.82. The summed E-state index contributed by atoms with van der Waals surface area (Å²) in [5.41, 5.74) is 2.26. The van der Waals surface area contributed by atoms with E-state index in [1.165, 1.54) is 11.3 Å². The zero-order chi connectivity index (χ0) is 16.0. The third-order valence-electron chi connectivity index (χ3n) is 3.36. The standard InChI is InChI=1S/C16H10ClN3OS2/c1-8-18-11-6-7-12-14(13(11)22-8)23-16(19-12)20-15(21)9-4-2-3-5-10(9)17/h2-7H,1H3,(H,19,20,21). The normalized spacial score (nSPS) is 11.2. The SMILES string of the molecule is Cc1nc2ccc3nc(NC(=O)c4ccccc4Cl)sc3c2s1. The van der Waals surface area contributed by atoms with E-state index >= 15 is 0 Å². The van der Waals surface area contributed by atoms with E-state index in [1.54, 1.807) is 35.6 Å². The minimum absolute atomic E-state index is 0.258. The highest BCUT2D eigenvalue weighted by atomic mass is 35.5. The first-order chi connectivity index (χ1) is 11.1. The van der Waals surface area contributed by atoms with Crippen LogP contribution in [0.15, 0.2) is 36.4 Å². The van der Waals surface area contributed by atoms with Crippen molar-refractivity contribution < 1.29 is 4.79 Å². The molecule has 2 aromatic carbocycles. The minimum atomic E-state index is -0.258. The summed E-state index contributed by atoms with van der Waals surface area (Å²) in [6.07, 6.45) is 0. The molecule has 23 heavy (non-hydrogen) atoms. The maximum absolute atomic E-state index is 12.3. The first kappa shape index (κ1) is 14.6. The molecular formula is C16H10ClN3OS2. The first-order valence-electron chi connectivity index (χ1n) is 6.84. The van der Waals surface area contributed by atoms with E-state index in [0.717, 1.165) is 25.4 Å². The average molecular weight is 360 g/mol. The number of hydrogen-bond donors (Lipinski definition) is 1. The van der Waals surface area contributed by atoms with Crippen LogP contribution in [0.3, 0.4) is 0 Å². The molecule has 1 N–H and O–H groups in total. The number of rotatable bonds is 2. The van der Waals surface area contributed by atoms with Crippen LogP contribution in [0.2, 0.25) is 5.02 Å². The van der Waals surface area contributed by atoms with Crippen LogP contribution >= 0.6 is 34.3 Å². The van der Waals surface area contributed by atoms with E-state index in [1.807, 2.05) is 19.1 Å². The van der Waals surface area contributed by atoms with Crippen molar-refractivity contribution in [2.45, 2.75) is 6.92 Å². The second-order valence-electron chi connectivity index (χ2n) is 4.95. The highest BCUT2D eigenvalue weighted by Gasteiger charge is 2.14. The molecule has 114 valence electrons. The summed E-state index contributed by atoms with van der Waals surface area (Å²) in [4.78, 5) is 21.3. The first-order valence-corrected chi connectivity index (χ1v) is 8.85. The van der Waals surface area contributed by atoms with Gasteiger partial charge in [0.15, 0.2) is 5.13 Å². The van der Waals surface area contributed by atoms with Crippen LogP contribution in [-0.4, -0.2) is 15.9 Å². The zero-order valence-electron chi connectivity index (χ0n) is 12.0. The molecule has 0 unspecified atom stereocenters. The van der Waals surface area contributed by atoms with Crippen molar-refractivity contribution in [2.75, 3.05) is 5.32 Å². The van der Waals surface area contributed by atoms with Gasteiger partial charge in [-0.05, 0) is 31.2 Å². The number of nitrogens with one attached hydrogen (secondary N) is 1. The lowest BCUT2D eigenvalue weighted by atomic mass is 10.2. The fourth-order valence-corrected chi connectivity index (χ4v) is 4.57. The van der Waals surface area contributed by atoms with Crippen molar-refractivity contribution in [2.24, 2.45) is 0 Å². The predicted octanol–water partition coefficient (Wildman–Crippen LogP) is 5.12. The Labute approximate surface area is 144 Å². The highest BCUT2D eigenvalue weighted by molar-refractivity contribution is 7.28. The van der Waals surface area contributed by atoms with E-state index in [4.69, 9.17) is 11.6 Å². The molecule has 0 aliphatic rings. The van der Waals surface area contributed by atoms with Crippen LogP contribution in [0.4, 0.5) is 5.13 Å². The van der Waals surface area contributed by atoms with Crippen LogP contribution < -0.4 is 5.32 Å². The van der Waals surface area contributed by atoms with Crippen molar-refractivity contribution in [1.29, 1.82) is 0 Å². The van der Waals surface area contributed by atoms with Gasteiger partial charge in [-0.1, -0.05) is 35.1 Å². The van der Waals surface area contributed by atoms with E-state index in [9.17, 15) is 4.79 Å². The third kappa shape index (κ3) is 2.59. The van der Waals surface area contributed by atoms with Gasteiger partial charge in [0, 0.05) is 0 Å². The van der Waals surface area contributed by atoms with Crippen molar-refractivity contribution in [3.8, 4) is 0 Å². The van der Waals surface area contributed by atoms with Crippen molar-refractivity contribution in [3.05, 3.63) is 52.0 Å². The molecule has 7 heteroatoms. The summed E-state index contributed by atoms with van der Waals surface area (Å²) < 4.78 is 2.15. The molecule has 4 aromatic rings. The largest absolute Gasteiger partial charge is 0.298 e. The maximum atomic E-state index is 12.3. The van der Waals surface area contributed by atoms with Crippen molar-refractivity contribution in [1.82, 2.24) is 9.97 Å². The van der Waals surface area contributed by atoms with Crippen molar-refractivity contribution in [3.63, 3.8) is 0 Å². The number of hydrogen-bond acceptors (Lipinski definition) is 5. The molecule has 0 atom stereocenters. The fourth-order valence-electron chi connectivity index (χ4n) is 2.35. The number of amides is 1. The number of benzene rings is 2. The Morgan fingerprint density at radius 2 is 1.74 bits per heavy atom. The molecule has 4 rings (SSSR count). The number of carbonyl (C=O) groups is 1.